The summed E-state index contributed by atoms with van der Waals surface area (Å²) < 4.78 is 21.3. The molecule has 0 spiro atoms. The van der Waals surface area contributed by atoms with Gasteiger partial charge in [-0.3, -0.25) is 0 Å². The van der Waals surface area contributed by atoms with Gasteiger partial charge in [0.1, 0.15) is 4.88 Å². The molecule has 3 rings (SSSR count). The van der Waals surface area contributed by atoms with Crippen LogP contribution in [0.4, 0.5) is 0 Å². The van der Waals surface area contributed by atoms with Crippen LogP contribution < -0.4 is 18.9 Å². The topological polar surface area (TPSA) is 94.5 Å². The highest BCUT2D eigenvalue weighted by Gasteiger charge is 2.21. The predicted octanol–water partition coefficient (Wildman–Crippen LogP) is 4.52. The summed E-state index contributed by atoms with van der Waals surface area (Å²) in [6.07, 6.45) is 0. The molecule has 1 aromatic heterocycles. The van der Waals surface area contributed by atoms with E-state index >= 15 is 0 Å². The molecule has 152 valence electrons. The first kappa shape index (κ1) is 20.3. The van der Waals surface area contributed by atoms with Crippen LogP contribution in [0.1, 0.15) is 9.67 Å². The number of methoxy groups -OCH3 is 4. The smallest absolute Gasteiger partial charge is 0.345 e. The maximum atomic E-state index is 11.6. The molecule has 0 aliphatic rings. The normalized spacial score (nSPS) is 10.5. The minimum atomic E-state index is -1.03. The molecule has 0 fully saturated rings. The number of carboxylic acid groups (broad SMARTS) is 1. The molecule has 2 aromatic carbocycles. The minimum Gasteiger partial charge on any atom is -0.504 e. The third-order valence-corrected chi connectivity index (χ3v) is 5.53. The number of carbonyl (C=O) groups is 1. The van der Waals surface area contributed by atoms with Crippen LogP contribution in [0, 0.1) is 0 Å². The van der Waals surface area contributed by atoms with Crippen molar-refractivity contribution < 1.29 is 34.0 Å². The number of thiophene rings is 1. The van der Waals surface area contributed by atoms with E-state index in [9.17, 15) is 15.0 Å². The zero-order valence-corrected chi connectivity index (χ0v) is 17.1. The molecule has 2 N–H and O–H groups in total. The van der Waals surface area contributed by atoms with Crippen LogP contribution in [-0.2, 0) is 0 Å². The second-order valence-electron chi connectivity index (χ2n) is 5.96. The fourth-order valence-corrected chi connectivity index (χ4v) is 4.01. The van der Waals surface area contributed by atoms with Crippen molar-refractivity contribution >= 4 is 17.3 Å². The molecule has 8 heteroatoms. The van der Waals surface area contributed by atoms with E-state index in [1.807, 2.05) is 0 Å². The first-order chi connectivity index (χ1) is 13.9. The quantitative estimate of drug-likeness (QED) is 0.585. The summed E-state index contributed by atoms with van der Waals surface area (Å²) in [5.74, 6) is 0.606. The molecule has 1 heterocycles. The van der Waals surface area contributed by atoms with E-state index in [0.29, 0.717) is 44.6 Å². The van der Waals surface area contributed by atoms with Gasteiger partial charge in [0.15, 0.2) is 23.0 Å². The molecule has 3 aromatic rings. The summed E-state index contributed by atoms with van der Waals surface area (Å²) >= 11 is 1.11. The van der Waals surface area contributed by atoms with Crippen LogP contribution >= 0.6 is 11.3 Å². The molecule has 0 bridgehead atoms. The van der Waals surface area contributed by atoms with Gasteiger partial charge in [0.25, 0.3) is 0 Å². The van der Waals surface area contributed by atoms with Crippen LogP contribution in [0.5, 0.6) is 28.7 Å². The number of aromatic hydroxyl groups is 1. The Hall–Kier alpha value is -3.39. The fourth-order valence-electron chi connectivity index (χ4n) is 2.99. The van der Waals surface area contributed by atoms with Gasteiger partial charge in [-0.1, -0.05) is 0 Å². The van der Waals surface area contributed by atoms with Crippen molar-refractivity contribution in [3.63, 3.8) is 0 Å². The maximum Gasteiger partial charge on any atom is 0.345 e. The Labute approximate surface area is 171 Å². The zero-order chi connectivity index (χ0) is 21.1. The van der Waals surface area contributed by atoms with E-state index in [1.54, 1.807) is 30.3 Å². The largest absolute Gasteiger partial charge is 0.504 e. The van der Waals surface area contributed by atoms with Gasteiger partial charge >= 0.3 is 5.97 Å². The Kier molecular flexibility index (Phi) is 5.84. The molecule has 7 nitrogen and oxygen atoms in total. The number of rotatable bonds is 7. The number of hydrogen-bond donors (Lipinski definition) is 2. The first-order valence-electron chi connectivity index (χ1n) is 8.48. The van der Waals surface area contributed by atoms with Crippen LogP contribution in [0.3, 0.4) is 0 Å². The van der Waals surface area contributed by atoms with Gasteiger partial charge in [-0.05, 0) is 47.5 Å². The lowest BCUT2D eigenvalue weighted by Crippen LogP contribution is -1.96. The highest BCUT2D eigenvalue weighted by Crippen LogP contribution is 2.46. The van der Waals surface area contributed by atoms with E-state index in [-0.39, 0.29) is 10.6 Å². The Balaban J connectivity index is 2.25. The van der Waals surface area contributed by atoms with Crippen molar-refractivity contribution in [2.24, 2.45) is 0 Å². The molecule has 0 aliphatic carbocycles. The molecule has 29 heavy (non-hydrogen) atoms. The van der Waals surface area contributed by atoms with Crippen molar-refractivity contribution in [3.05, 3.63) is 41.3 Å². The second-order valence-corrected chi connectivity index (χ2v) is 7.01. The lowest BCUT2D eigenvalue weighted by Gasteiger charge is -2.14. The van der Waals surface area contributed by atoms with Gasteiger partial charge in [-0.2, -0.15) is 0 Å². The number of ether oxygens (including phenoxy) is 4. The van der Waals surface area contributed by atoms with E-state index in [1.165, 1.54) is 34.5 Å². The van der Waals surface area contributed by atoms with E-state index in [0.717, 1.165) is 11.3 Å². The van der Waals surface area contributed by atoms with Gasteiger partial charge in [-0.25, -0.2) is 4.79 Å². The maximum absolute atomic E-state index is 11.6. The number of phenolic OH excluding ortho intramolecular Hbond substituents is 1. The summed E-state index contributed by atoms with van der Waals surface area (Å²) in [4.78, 5) is 12.5. The van der Waals surface area contributed by atoms with Gasteiger partial charge in [0.2, 0.25) is 5.75 Å². The average molecular weight is 416 g/mol. The first-order valence-corrected chi connectivity index (χ1v) is 9.30. The van der Waals surface area contributed by atoms with Crippen molar-refractivity contribution in [3.8, 4) is 50.3 Å². The molecule has 0 saturated carbocycles. The number of benzene rings is 2. The highest BCUT2D eigenvalue weighted by molar-refractivity contribution is 7.18. The van der Waals surface area contributed by atoms with Crippen LogP contribution in [0.25, 0.3) is 21.6 Å². The number of carboxylic acids is 1. The molecule has 0 unspecified atom stereocenters. The highest BCUT2D eigenvalue weighted by atomic mass is 32.1. The summed E-state index contributed by atoms with van der Waals surface area (Å²) in [7, 11) is 6.00. The SMILES string of the molecule is COc1ccc(-c2sc(C(=O)O)cc2-c2cc(OC)c(OC)c(OC)c2)cc1O. The predicted molar refractivity (Wildman–Crippen MR) is 110 cm³/mol. The minimum absolute atomic E-state index is 0.0360. The average Bonchev–Trinajstić information content (AvgIpc) is 3.18. The van der Waals surface area contributed by atoms with Crippen molar-refractivity contribution in [1.82, 2.24) is 0 Å². The van der Waals surface area contributed by atoms with Gasteiger partial charge < -0.3 is 29.2 Å². The molecule has 0 aliphatic heterocycles. The third-order valence-electron chi connectivity index (χ3n) is 4.36. The number of hydrogen-bond acceptors (Lipinski definition) is 7. The van der Waals surface area contributed by atoms with Gasteiger partial charge in [0.05, 0.1) is 28.4 Å². The zero-order valence-electron chi connectivity index (χ0n) is 16.3. The molecule has 0 radical (unpaired) electrons. The summed E-state index contributed by atoms with van der Waals surface area (Å²) in [6, 6.07) is 10.0. The Morgan fingerprint density at radius 3 is 1.93 bits per heavy atom. The van der Waals surface area contributed by atoms with E-state index in [4.69, 9.17) is 18.9 Å². The van der Waals surface area contributed by atoms with Crippen LogP contribution in [-0.4, -0.2) is 44.6 Å². The second kappa shape index (κ2) is 8.32. The van der Waals surface area contributed by atoms with Crippen LogP contribution in [0.2, 0.25) is 0 Å². The molecule has 0 amide bonds. The Morgan fingerprint density at radius 1 is 0.828 bits per heavy atom. The van der Waals surface area contributed by atoms with Crippen LogP contribution in [0.15, 0.2) is 36.4 Å². The summed E-state index contributed by atoms with van der Waals surface area (Å²) in [6.45, 7) is 0. The molecular weight excluding hydrogens is 396 g/mol. The van der Waals surface area contributed by atoms with Crippen molar-refractivity contribution in [2.45, 2.75) is 0 Å². The van der Waals surface area contributed by atoms with Crippen molar-refractivity contribution in [1.29, 1.82) is 0 Å². The van der Waals surface area contributed by atoms with Gasteiger partial charge in [0, 0.05) is 10.4 Å². The monoisotopic (exact) mass is 416 g/mol. The Bertz CT molecular complexity index is 1030. The number of aromatic carboxylic acids is 1. The number of phenols is 1. The lowest BCUT2D eigenvalue weighted by atomic mass is 10.0. The third kappa shape index (κ3) is 3.79. The molecule has 0 atom stereocenters. The standard InChI is InChI=1S/C21H20O7S/c1-25-15-6-5-11(7-14(15)22)20-13(10-18(29-20)21(23)24)12-8-16(26-2)19(28-4)17(9-12)27-3/h5-10,22H,1-4H3,(H,23,24). The van der Waals surface area contributed by atoms with E-state index in [2.05, 4.69) is 0 Å². The molecule has 0 saturated heterocycles. The van der Waals surface area contributed by atoms with Crippen molar-refractivity contribution in [2.75, 3.05) is 28.4 Å². The lowest BCUT2D eigenvalue weighted by molar-refractivity contribution is 0.0702. The molecular formula is C21H20O7S. The summed E-state index contributed by atoms with van der Waals surface area (Å²) in [5, 5.41) is 19.7. The fraction of sp³-hybridized carbons (Fsp3) is 0.190. The van der Waals surface area contributed by atoms with Gasteiger partial charge in [-0.15, -0.1) is 11.3 Å². The van der Waals surface area contributed by atoms with E-state index < -0.39 is 5.97 Å². The summed E-state index contributed by atoms with van der Waals surface area (Å²) in [5.41, 5.74) is 2.01. The Morgan fingerprint density at radius 2 is 1.45 bits per heavy atom.